The summed E-state index contributed by atoms with van der Waals surface area (Å²) < 4.78 is 0. The Bertz CT molecular complexity index is 125. The van der Waals surface area contributed by atoms with Crippen LogP contribution in [-0.2, 0) is 0 Å². The predicted molar refractivity (Wildman–Crippen MR) is 53.1 cm³/mol. The SMILES string of the molecule is CCN(C)CC1CCC(CN)C1. The Morgan fingerprint density at radius 1 is 1.33 bits per heavy atom. The normalized spacial score (nSPS) is 30.0. The molecule has 72 valence electrons. The average molecular weight is 170 g/mol. The van der Waals surface area contributed by atoms with Gasteiger partial charge >= 0.3 is 0 Å². The van der Waals surface area contributed by atoms with Crippen LogP contribution in [0.25, 0.3) is 0 Å². The van der Waals surface area contributed by atoms with E-state index in [1.807, 2.05) is 0 Å². The fourth-order valence-corrected chi connectivity index (χ4v) is 2.13. The first-order valence-electron chi connectivity index (χ1n) is 5.14. The predicted octanol–water partition coefficient (Wildman–Crippen LogP) is 1.31. The molecule has 0 amide bonds. The summed E-state index contributed by atoms with van der Waals surface area (Å²) in [5.41, 5.74) is 5.65. The summed E-state index contributed by atoms with van der Waals surface area (Å²) in [6, 6.07) is 0. The molecule has 2 nitrogen and oxygen atoms in total. The molecule has 0 aliphatic heterocycles. The Balaban J connectivity index is 2.18. The fraction of sp³-hybridized carbons (Fsp3) is 1.00. The Morgan fingerprint density at radius 2 is 2.00 bits per heavy atom. The van der Waals surface area contributed by atoms with Crippen LogP contribution in [0.4, 0.5) is 0 Å². The van der Waals surface area contributed by atoms with Gasteiger partial charge in [-0.3, -0.25) is 0 Å². The van der Waals surface area contributed by atoms with Gasteiger partial charge in [0.1, 0.15) is 0 Å². The van der Waals surface area contributed by atoms with E-state index in [1.54, 1.807) is 0 Å². The summed E-state index contributed by atoms with van der Waals surface area (Å²) >= 11 is 0. The van der Waals surface area contributed by atoms with Crippen LogP contribution in [-0.4, -0.2) is 31.6 Å². The minimum absolute atomic E-state index is 0.820. The van der Waals surface area contributed by atoms with Gasteiger partial charge in [0, 0.05) is 6.54 Å². The third-order valence-corrected chi connectivity index (χ3v) is 3.09. The van der Waals surface area contributed by atoms with Gasteiger partial charge in [0.15, 0.2) is 0 Å². The van der Waals surface area contributed by atoms with Gasteiger partial charge in [-0.2, -0.15) is 0 Å². The quantitative estimate of drug-likeness (QED) is 0.689. The lowest BCUT2D eigenvalue weighted by Crippen LogP contribution is -2.24. The van der Waals surface area contributed by atoms with Gasteiger partial charge in [-0.05, 0) is 51.2 Å². The third-order valence-electron chi connectivity index (χ3n) is 3.09. The van der Waals surface area contributed by atoms with Crippen molar-refractivity contribution < 1.29 is 0 Å². The Labute approximate surface area is 76.1 Å². The molecule has 0 aromatic rings. The molecule has 0 heterocycles. The summed E-state index contributed by atoms with van der Waals surface area (Å²) in [6.07, 6.45) is 4.12. The van der Waals surface area contributed by atoms with Crippen LogP contribution in [0.15, 0.2) is 0 Å². The molecule has 1 fully saturated rings. The smallest absolute Gasteiger partial charge is 0.000660 e. The minimum atomic E-state index is 0.820. The fourth-order valence-electron chi connectivity index (χ4n) is 2.13. The van der Waals surface area contributed by atoms with Crippen molar-refractivity contribution in [2.45, 2.75) is 26.2 Å². The molecule has 1 saturated carbocycles. The highest BCUT2D eigenvalue weighted by atomic mass is 15.1. The highest BCUT2D eigenvalue weighted by Crippen LogP contribution is 2.30. The molecule has 0 bridgehead atoms. The van der Waals surface area contributed by atoms with Crippen LogP contribution in [0.5, 0.6) is 0 Å². The second kappa shape index (κ2) is 4.83. The highest BCUT2D eigenvalue weighted by Gasteiger charge is 2.23. The van der Waals surface area contributed by atoms with Crippen molar-refractivity contribution in [3.63, 3.8) is 0 Å². The molecule has 0 aromatic heterocycles. The lowest BCUT2D eigenvalue weighted by molar-refractivity contribution is 0.286. The molecule has 2 heteroatoms. The molecule has 1 rings (SSSR count). The van der Waals surface area contributed by atoms with Crippen molar-refractivity contribution in [2.24, 2.45) is 17.6 Å². The van der Waals surface area contributed by atoms with E-state index in [1.165, 1.54) is 32.4 Å². The lowest BCUT2D eigenvalue weighted by atomic mass is 10.0. The number of hydrogen-bond donors (Lipinski definition) is 1. The Hall–Kier alpha value is -0.0800. The third kappa shape index (κ3) is 2.76. The summed E-state index contributed by atoms with van der Waals surface area (Å²) in [5.74, 6) is 1.74. The topological polar surface area (TPSA) is 29.3 Å². The van der Waals surface area contributed by atoms with Gasteiger partial charge < -0.3 is 10.6 Å². The summed E-state index contributed by atoms with van der Waals surface area (Å²) in [7, 11) is 2.20. The molecule has 1 aliphatic rings. The monoisotopic (exact) mass is 170 g/mol. The first-order valence-corrected chi connectivity index (χ1v) is 5.14. The lowest BCUT2D eigenvalue weighted by Gasteiger charge is -2.18. The Morgan fingerprint density at radius 3 is 2.50 bits per heavy atom. The van der Waals surface area contributed by atoms with E-state index in [0.717, 1.165) is 18.4 Å². The van der Waals surface area contributed by atoms with E-state index >= 15 is 0 Å². The van der Waals surface area contributed by atoms with Crippen LogP contribution >= 0.6 is 0 Å². The van der Waals surface area contributed by atoms with Gasteiger partial charge in [0.05, 0.1) is 0 Å². The average Bonchev–Trinajstić information content (AvgIpc) is 2.52. The minimum Gasteiger partial charge on any atom is -0.330 e. The molecular formula is C10H22N2. The first-order chi connectivity index (χ1) is 5.76. The van der Waals surface area contributed by atoms with Crippen molar-refractivity contribution >= 4 is 0 Å². The zero-order chi connectivity index (χ0) is 8.97. The molecule has 0 radical (unpaired) electrons. The molecule has 12 heavy (non-hydrogen) atoms. The largest absolute Gasteiger partial charge is 0.330 e. The van der Waals surface area contributed by atoms with Crippen molar-refractivity contribution in [3.8, 4) is 0 Å². The maximum Gasteiger partial charge on any atom is 0.000660 e. The molecule has 1 aliphatic carbocycles. The summed E-state index contributed by atoms with van der Waals surface area (Å²) in [6.45, 7) is 5.55. The van der Waals surface area contributed by atoms with Crippen molar-refractivity contribution in [2.75, 3.05) is 26.7 Å². The second-order valence-corrected chi connectivity index (χ2v) is 4.14. The molecule has 0 spiro atoms. The molecule has 2 unspecified atom stereocenters. The zero-order valence-electron chi connectivity index (χ0n) is 8.42. The number of nitrogens with two attached hydrogens (primary N) is 1. The summed E-state index contributed by atoms with van der Waals surface area (Å²) in [4.78, 5) is 2.41. The van der Waals surface area contributed by atoms with Crippen LogP contribution in [0.3, 0.4) is 0 Å². The van der Waals surface area contributed by atoms with Gasteiger partial charge in [0.25, 0.3) is 0 Å². The molecule has 0 saturated heterocycles. The van der Waals surface area contributed by atoms with Gasteiger partial charge in [0.2, 0.25) is 0 Å². The second-order valence-electron chi connectivity index (χ2n) is 4.14. The standard InChI is InChI=1S/C10H22N2/c1-3-12(2)8-10-5-4-9(6-10)7-11/h9-10H,3-8,11H2,1-2H3. The highest BCUT2D eigenvalue weighted by molar-refractivity contribution is 4.77. The molecule has 0 aromatic carbocycles. The van der Waals surface area contributed by atoms with Gasteiger partial charge in [-0.15, -0.1) is 0 Å². The van der Waals surface area contributed by atoms with E-state index < -0.39 is 0 Å². The van der Waals surface area contributed by atoms with Gasteiger partial charge in [-0.1, -0.05) is 6.92 Å². The maximum absolute atomic E-state index is 5.65. The van der Waals surface area contributed by atoms with Crippen LogP contribution in [0.1, 0.15) is 26.2 Å². The molecule has 2 N–H and O–H groups in total. The van der Waals surface area contributed by atoms with Gasteiger partial charge in [-0.25, -0.2) is 0 Å². The van der Waals surface area contributed by atoms with Crippen molar-refractivity contribution in [1.82, 2.24) is 4.90 Å². The number of rotatable bonds is 4. The Kier molecular flexibility index (Phi) is 4.02. The van der Waals surface area contributed by atoms with E-state index in [4.69, 9.17) is 5.73 Å². The number of hydrogen-bond acceptors (Lipinski definition) is 2. The molecule has 2 atom stereocenters. The van der Waals surface area contributed by atoms with E-state index in [-0.39, 0.29) is 0 Å². The zero-order valence-corrected chi connectivity index (χ0v) is 8.42. The van der Waals surface area contributed by atoms with E-state index in [9.17, 15) is 0 Å². The van der Waals surface area contributed by atoms with Crippen LogP contribution in [0.2, 0.25) is 0 Å². The maximum atomic E-state index is 5.65. The van der Waals surface area contributed by atoms with E-state index in [2.05, 4.69) is 18.9 Å². The van der Waals surface area contributed by atoms with Crippen LogP contribution in [0, 0.1) is 11.8 Å². The summed E-state index contributed by atoms with van der Waals surface area (Å²) in [5, 5.41) is 0. The van der Waals surface area contributed by atoms with E-state index in [0.29, 0.717) is 0 Å². The van der Waals surface area contributed by atoms with Crippen LogP contribution < -0.4 is 5.73 Å². The number of nitrogens with zero attached hydrogens (tertiary/aromatic N) is 1. The van der Waals surface area contributed by atoms with Crippen molar-refractivity contribution in [1.29, 1.82) is 0 Å². The first kappa shape index (κ1) is 10.0. The van der Waals surface area contributed by atoms with Crippen molar-refractivity contribution in [3.05, 3.63) is 0 Å². The molecular weight excluding hydrogens is 148 g/mol.